The van der Waals surface area contributed by atoms with Crippen molar-refractivity contribution in [1.82, 2.24) is 15.5 Å². The summed E-state index contributed by atoms with van der Waals surface area (Å²) in [6, 6.07) is 1.64. The molecule has 2 heterocycles. The summed E-state index contributed by atoms with van der Waals surface area (Å²) in [6.45, 7) is 6.13. The molecule has 0 saturated carbocycles. The highest BCUT2D eigenvalue weighted by molar-refractivity contribution is 5.80. The highest BCUT2D eigenvalue weighted by Gasteiger charge is 2.42. The van der Waals surface area contributed by atoms with Crippen LogP contribution < -0.4 is 10.6 Å². The van der Waals surface area contributed by atoms with Gasteiger partial charge in [-0.2, -0.15) is 0 Å². The number of likely N-dealkylation sites (N-methyl/N-ethyl adjacent to an activating group) is 1. The summed E-state index contributed by atoms with van der Waals surface area (Å²) in [4.78, 5) is 14.4. The largest absolute Gasteiger partial charge is 0.355 e. The maximum Gasteiger partial charge on any atom is 0.224 e. The number of rotatable bonds is 6. The van der Waals surface area contributed by atoms with Crippen molar-refractivity contribution < 1.29 is 4.79 Å². The quantitative estimate of drug-likeness (QED) is 0.741. The Balaban J connectivity index is 1.66. The standard InChI is InChI=1S/C14H27N3O/c1-4-10(2)17(3)8-7-15-14(18)12-9-11-5-6-13(12)16-11/h10-13,16H,4-9H2,1-3H3,(H,15,18). The molecule has 4 nitrogen and oxygen atoms in total. The monoisotopic (exact) mass is 253 g/mol. The molecule has 2 N–H and O–H groups in total. The smallest absolute Gasteiger partial charge is 0.224 e. The maximum absolute atomic E-state index is 12.1. The van der Waals surface area contributed by atoms with Crippen molar-refractivity contribution in [2.75, 3.05) is 20.1 Å². The van der Waals surface area contributed by atoms with E-state index in [1.54, 1.807) is 0 Å². The van der Waals surface area contributed by atoms with E-state index in [2.05, 4.69) is 36.4 Å². The van der Waals surface area contributed by atoms with Gasteiger partial charge in [-0.05, 0) is 39.7 Å². The molecule has 0 radical (unpaired) electrons. The lowest BCUT2D eigenvalue weighted by molar-refractivity contribution is -0.125. The van der Waals surface area contributed by atoms with Gasteiger partial charge < -0.3 is 15.5 Å². The Labute approximate surface area is 110 Å². The Hall–Kier alpha value is -0.610. The molecule has 2 rings (SSSR count). The summed E-state index contributed by atoms with van der Waals surface area (Å²) in [5.74, 6) is 0.477. The van der Waals surface area contributed by atoms with E-state index >= 15 is 0 Å². The summed E-state index contributed by atoms with van der Waals surface area (Å²) in [5, 5.41) is 6.61. The van der Waals surface area contributed by atoms with Gasteiger partial charge in [0.05, 0.1) is 5.92 Å². The minimum absolute atomic E-state index is 0.220. The molecule has 0 aromatic rings. The van der Waals surface area contributed by atoms with Crippen LogP contribution in [0.15, 0.2) is 0 Å². The van der Waals surface area contributed by atoms with E-state index < -0.39 is 0 Å². The lowest BCUT2D eigenvalue weighted by Gasteiger charge is -2.24. The van der Waals surface area contributed by atoms with Crippen LogP contribution in [0.2, 0.25) is 0 Å². The molecule has 2 bridgehead atoms. The van der Waals surface area contributed by atoms with Crippen LogP contribution >= 0.6 is 0 Å². The molecule has 0 aliphatic carbocycles. The first-order valence-electron chi connectivity index (χ1n) is 7.35. The van der Waals surface area contributed by atoms with Crippen LogP contribution in [-0.2, 0) is 4.79 Å². The maximum atomic E-state index is 12.1. The SMILES string of the molecule is CCC(C)N(C)CCNC(=O)C1CC2CCC1N2. The normalized spacial score (nSPS) is 31.9. The van der Waals surface area contributed by atoms with Crippen LogP contribution in [0.1, 0.15) is 39.5 Å². The molecule has 0 spiro atoms. The van der Waals surface area contributed by atoms with E-state index in [0.29, 0.717) is 18.1 Å². The Morgan fingerprint density at radius 1 is 1.50 bits per heavy atom. The zero-order valence-electron chi connectivity index (χ0n) is 11.9. The fourth-order valence-corrected chi connectivity index (χ4v) is 3.13. The summed E-state index contributed by atoms with van der Waals surface area (Å²) in [7, 11) is 2.12. The van der Waals surface area contributed by atoms with E-state index in [4.69, 9.17) is 0 Å². The number of carbonyl (C=O) groups is 1. The van der Waals surface area contributed by atoms with Gasteiger partial charge in [-0.15, -0.1) is 0 Å². The van der Waals surface area contributed by atoms with Gasteiger partial charge >= 0.3 is 0 Å². The lowest BCUT2D eigenvalue weighted by atomic mass is 9.88. The molecule has 2 fully saturated rings. The van der Waals surface area contributed by atoms with E-state index in [-0.39, 0.29) is 11.8 Å². The van der Waals surface area contributed by atoms with Crippen LogP contribution in [0, 0.1) is 5.92 Å². The van der Waals surface area contributed by atoms with Gasteiger partial charge in [-0.3, -0.25) is 4.79 Å². The molecular weight excluding hydrogens is 226 g/mol. The number of nitrogens with one attached hydrogen (secondary N) is 2. The van der Waals surface area contributed by atoms with Gasteiger partial charge in [0.25, 0.3) is 0 Å². The molecule has 4 atom stereocenters. The van der Waals surface area contributed by atoms with Crippen molar-refractivity contribution in [1.29, 1.82) is 0 Å². The molecule has 18 heavy (non-hydrogen) atoms. The van der Waals surface area contributed by atoms with Gasteiger partial charge in [-0.25, -0.2) is 0 Å². The van der Waals surface area contributed by atoms with Gasteiger partial charge in [0.1, 0.15) is 0 Å². The van der Waals surface area contributed by atoms with Crippen molar-refractivity contribution in [3.8, 4) is 0 Å². The summed E-state index contributed by atoms with van der Waals surface area (Å²) < 4.78 is 0. The summed E-state index contributed by atoms with van der Waals surface area (Å²) in [5.41, 5.74) is 0. The van der Waals surface area contributed by atoms with Gasteiger partial charge in [-0.1, -0.05) is 6.92 Å². The second-order valence-electron chi connectivity index (χ2n) is 5.92. The van der Waals surface area contributed by atoms with Crippen molar-refractivity contribution in [3.05, 3.63) is 0 Å². The van der Waals surface area contributed by atoms with Crippen LogP contribution in [0.25, 0.3) is 0 Å². The van der Waals surface area contributed by atoms with E-state index in [1.807, 2.05) is 0 Å². The average molecular weight is 253 g/mol. The third-order valence-electron chi connectivity index (χ3n) is 4.74. The molecule has 104 valence electrons. The first kappa shape index (κ1) is 13.8. The van der Waals surface area contributed by atoms with Crippen LogP contribution in [-0.4, -0.2) is 49.1 Å². The molecule has 4 unspecified atom stereocenters. The number of nitrogens with zero attached hydrogens (tertiary/aromatic N) is 1. The zero-order valence-corrected chi connectivity index (χ0v) is 11.9. The van der Waals surface area contributed by atoms with Gasteiger partial charge in [0.15, 0.2) is 0 Å². The minimum atomic E-state index is 0.220. The van der Waals surface area contributed by atoms with E-state index in [9.17, 15) is 4.79 Å². The fourth-order valence-electron chi connectivity index (χ4n) is 3.13. The molecule has 0 aromatic carbocycles. The zero-order chi connectivity index (χ0) is 13.1. The van der Waals surface area contributed by atoms with Crippen LogP contribution in [0.5, 0.6) is 0 Å². The number of hydrogen-bond donors (Lipinski definition) is 2. The molecule has 2 aliphatic heterocycles. The number of carbonyl (C=O) groups excluding carboxylic acids is 1. The highest BCUT2D eigenvalue weighted by atomic mass is 16.1. The van der Waals surface area contributed by atoms with Crippen molar-refractivity contribution >= 4 is 5.91 Å². The summed E-state index contributed by atoms with van der Waals surface area (Å²) >= 11 is 0. The Morgan fingerprint density at radius 3 is 2.83 bits per heavy atom. The predicted molar refractivity (Wildman–Crippen MR) is 73.4 cm³/mol. The Kier molecular flexibility index (Phi) is 4.62. The molecule has 2 aliphatic rings. The molecule has 4 heteroatoms. The summed E-state index contributed by atoms with van der Waals surface area (Å²) in [6.07, 6.45) is 4.62. The molecular formula is C14H27N3O. The number of fused-ring (bicyclic) bond motifs is 2. The predicted octanol–water partition coefficient (Wildman–Crippen LogP) is 0.973. The lowest BCUT2D eigenvalue weighted by Crippen LogP contribution is -2.41. The average Bonchev–Trinajstić information content (AvgIpc) is 2.99. The molecule has 2 saturated heterocycles. The second-order valence-corrected chi connectivity index (χ2v) is 5.92. The van der Waals surface area contributed by atoms with Crippen molar-refractivity contribution in [2.24, 2.45) is 5.92 Å². The topological polar surface area (TPSA) is 44.4 Å². The Bertz CT molecular complexity index is 295. The first-order valence-corrected chi connectivity index (χ1v) is 7.35. The first-order chi connectivity index (χ1) is 8.61. The Morgan fingerprint density at radius 2 is 2.28 bits per heavy atom. The van der Waals surface area contributed by atoms with Crippen molar-refractivity contribution in [3.63, 3.8) is 0 Å². The number of hydrogen-bond acceptors (Lipinski definition) is 3. The molecule has 0 aromatic heterocycles. The van der Waals surface area contributed by atoms with Crippen LogP contribution in [0.4, 0.5) is 0 Å². The van der Waals surface area contributed by atoms with Gasteiger partial charge in [0.2, 0.25) is 5.91 Å². The molecule has 1 amide bonds. The number of amides is 1. The van der Waals surface area contributed by atoms with Crippen molar-refractivity contribution in [2.45, 2.75) is 57.7 Å². The fraction of sp³-hybridized carbons (Fsp3) is 0.929. The van der Waals surface area contributed by atoms with Gasteiger partial charge in [0, 0.05) is 31.2 Å². The van der Waals surface area contributed by atoms with E-state index in [1.165, 1.54) is 12.8 Å². The highest BCUT2D eigenvalue weighted by Crippen LogP contribution is 2.33. The third kappa shape index (κ3) is 3.04. The van der Waals surface area contributed by atoms with Crippen LogP contribution in [0.3, 0.4) is 0 Å². The minimum Gasteiger partial charge on any atom is -0.355 e. The van der Waals surface area contributed by atoms with E-state index in [0.717, 1.165) is 25.9 Å². The second kappa shape index (κ2) is 6.02. The third-order valence-corrected chi connectivity index (χ3v) is 4.74.